The van der Waals surface area contributed by atoms with Crippen molar-refractivity contribution in [2.45, 2.75) is 4.34 Å². The fourth-order valence-electron chi connectivity index (χ4n) is 1.90. The number of amides is 1. The molecule has 0 saturated carbocycles. The monoisotopic (exact) mass is 379 g/mol. The summed E-state index contributed by atoms with van der Waals surface area (Å²) in [5.74, 6) is -0.667. The van der Waals surface area contributed by atoms with Gasteiger partial charge in [0.15, 0.2) is 10.1 Å². The number of aromatic nitrogens is 2. The third-order valence-electron chi connectivity index (χ3n) is 2.97. The minimum absolute atomic E-state index is 0.103. The lowest BCUT2D eigenvalue weighted by Crippen LogP contribution is -2.14. The molecule has 3 aromatic rings. The van der Waals surface area contributed by atoms with E-state index in [0.29, 0.717) is 15.7 Å². The molecular weight excluding hydrogens is 370 g/mol. The van der Waals surface area contributed by atoms with Gasteiger partial charge in [-0.1, -0.05) is 46.8 Å². The Balaban J connectivity index is 1.89. The lowest BCUT2D eigenvalue weighted by atomic mass is 10.1. The third-order valence-corrected chi connectivity index (χ3v) is 5.04. The Labute approximate surface area is 149 Å². The van der Waals surface area contributed by atoms with Crippen molar-refractivity contribution in [2.75, 3.05) is 11.6 Å². The highest BCUT2D eigenvalue weighted by molar-refractivity contribution is 8.00. The average molecular weight is 380 g/mol. The van der Waals surface area contributed by atoms with Crippen molar-refractivity contribution >= 4 is 45.7 Å². The van der Waals surface area contributed by atoms with E-state index in [0.717, 1.165) is 9.90 Å². The number of nitrogens with one attached hydrogen (secondary N) is 1. The van der Waals surface area contributed by atoms with Gasteiger partial charge in [0.25, 0.3) is 5.91 Å². The van der Waals surface area contributed by atoms with E-state index in [1.807, 2.05) is 6.26 Å². The molecule has 0 aliphatic carbocycles. The maximum absolute atomic E-state index is 12.3. The molecule has 1 N–H and O–H groups in total. The maximum atomic E-state index is 12.3. The first-order valence-corrected chi connectivity index (χ1v) is 9.07. The molecule has 0 unspecified atom stereocenters. The summed E-state index contributed by atoms with van der Waals surface area (Å²) < 4.78 is 5.71. The molecule has 0 aliphatic rings. The largest absolute Gasteiger partial charge is 0.417 e. The minimum Gasteiger partial charge on any atom is -0.417 e. The molecule has 0 bridgehead atoms. The van der Waals surface area contributed by atoms with Crippen LogP contribution in [0.2, 0.25) is 5.02 Å². The molecule has 0 aliphatic heterocycles. The van der Waals surface area contributed by atoms with Gasteiger partial charge < -0.3 is 4.42 Å². The van der Waals surface area contributed by atoms with Crippen LogP contribution < -0.4 is 10.9 Å². The van der Waals surface area contributed by atoms with Gasteiger partial charge in [-0.3, -0.25) is 10.1 Å². The molecule has 1 aromatic carbocycles. The molecule has 6 nitrogen and oxygen atoms in total. The van der Waals surface area contributed by atoms with Crippen LogP contribution in [0, 0.1) is 0 Å². The molecule has 9 heteroatoms. The van der Waals surface area contributed by atoms with E-state index in [1.165, 1.54) is 35.2 Å². The van der Waals surface area contributed by atoms with Gasteiger partial charge in [0.1, 0.15) is 0 Å². The SMILES string of the molecule is CSc1nnc(NC(=O)c2cc(-c3ccc(Cl)cc3)cc(=O)o2)s1. The van der Waals surface area contributed by atoms with Gasteiger partial charge in [-0.05, 0) is 35.6 Å². The summed E-state index contributed by atoms with van der Waals surface area (Å²) in [6.07, 6.45) is 1.86. The highest BCUT2D eigenvalue weighted by atomic mass is 35.5. The zero-order valence-corrected chi connectivity index (χ0v) is 14.7. The van der Waals surface area contributed by atoms with Crippen LogP contribution in [0.3, 0.4) is 0 Å². The second-order valence-electron chi connectivity index (χ2n) is 4.57. The fraction of sp³-hybridized carbons (Fsp3) is 0.0667. The van der Waals surface area contributed by atoms with Gasteiger partial charge in [0, 0.05) is 11.1 Å². The van der Waals surface area contributed by atoms with Crippen molar-refractivity contribution in [3.63, 3.8) is 0 Å². The molecule has 0 saturated heterocycles. The summed E-state index contributed by atoms with van der Waals surface area (Å²) in [4.78, 5) is 24.0. The quantitative estimate of drug-likeness (QED) is 0.548. The van der Waals surface area contributed by atoms with Gasteiger partial charge in [-0.2, -0.15) is 0 Å². The Bertz CT molecular complexity index is 938. The van der Waals surface area contributed by atoms with E-state index < -0.39 is 11.5 Å². The number of carbonyl (C=O) groups excluding carboxylic acids is 1. The van der Waals surface area contributed by atoms with Gasteiger partial charge in [-0.15, -0.1) is 10.2 Å². The molecule has 2 heterocycles. The van der Waals surface area contributed by atoms with E-state index in [4.69, 9.17) is 16.0 Å². The van der Waals surface area contributed by atoms with Crippen molar-refractivity contribution in [3.05, 3.63) is 57.6 Å². The number of hydrogen-bond acceptors (Lipinski definition) is 7. The first-order valence-electron chi connectivity index (χ1n) is 6.65. The first kappa shape index (κ1) is 16.7. The summed E-state index contributed by atoms with van der Waals surface area (Å²) >= 11 is 8.52. The molecular formula is C15H10ClN3O3S2. The third kappa shape index (κ3) is 3.84. The van der Waals surface area contributed by atoms with Gasteiger partial charge in [0.05, 0.1) is 0 Å². The summed E-state index contributed by atoms with van der Waals surface area (Å²) in [5.41, 5.74) is 0.701. The van der Waals surface area contributed by atoms with E-state index in [2.05, 4.69) is 15.5 Å². The predicted molar refractivity (Wildman–Crippen MR) is 95.1 cm³/mol. The number of anilines is 1. The number of carbonyl (C=O) groups is 1. The van der Waals surface area contributed by atoms with Gasteiger partial charge >= 0.3 is 5.63 Å². The molecule has 0 atom stereocenters. The molecule has 122 valence electrons. The summed E-state index contributed by atoms with van der Waals surface area (Å²) in [5, 5.41) is 11.2. The van der Waals surface area contributed by atoms with Crippen molar-refractivity contribution in [1.82, 2.24) is 10.2 Å². The maximum Gasteiger partial charge on any atom is 0.336 e. The zero-order valence-electron chi connectivity index (χ0n) is 12.3. The number of rotatable bonds is 4. The van der Waals surface area contributed by atoms with E-state index in [-0.39, 0.29) is 5.76 Å². The smallest absolute Gasteiger partial charge is 0.336 e. The second-order valence-corrected chi connectivity index (χ2v) is 7.03. The molecule has 3 rings (SSSR count). The Morgan fingerprint density at radius 1 is 1.21 bits per heavy atom. The van der Waals surface area contributed by atoms with Crippen molar-refractivity contribution < 1.29 is 9.21 Å². The van der Waals surface area contributed by atoms with Crippen LogP contribution >= 0.6 is 34.7 Å². The minimum atomic E-state index is -0.616. The van der Waals surface area contributed by atoms with Crippen LogP contribution in [-0.4, -0.2) is 22.4 Å². The Kier molecular flexibility index (Phi) is 4.98. The number of hydrogen-bond donors (Lipinski definition) is 1. The van der Waals surface area contributed by atoms with Gasteiger partial charge in [-0.25, -0.2) is 4.79 Å². The Hall–Kier alpha value is -2.16. The highest BCUT2D eigenvalue weighted by Crippen LogP contribution is 2.24. The number of halogens is 1. The standard InChI is InChI=1S/C15H10ClN3O3S2/c1-23-15-19-18-14(24-15)17-13(21)11-6-9(7-12(20)22-11)8-2-4-10(16)5-3-8/h2-7H,1H3,(H,17,18,21). The lowest BCUT2D eigenvalue weighted by Gasteiger charge is -2.04. The van der Waals surface area contributed by atoms with Crippen molar-refractivity contribution in [2.24, 2.45) is 0 Å². The molecule has 0 spiro atoms. The lowest BCUT2D eigenvalue weighted by molar-refractivity contribution is 0.0992. The topological polar surface area (TPSA) is 85.1 Å². The average Bonchev–Trinajstić information content (AvgIpc) is 3.02. The molecule has 2 aromatic heterocycles. The highest BCUT2D eigenvalue weighted by Gasteiger charge is 2.14. The Morgan fingerprint density at radius 3 is 2.62 bits per heavy atom. The number of benzene rings is 1. The zero-order chi connectivity index (χ0) is 17.1. The fourth-order valence-corrected chi connectivity index (χ4v) is 3.19. The van der Waals surface area contributed by atoms with E-state index in [1.54, 1.807) is 24.3 Å². The molecule has 0 fully saturated rings. The predicted octanol–water partition coefficient (Wildman–Crippen LogP) is 3.79. The van der Waals surface area contributed by atoms with Crippen LogP contribution in [0.5, 0.6) is 0 Å². The van der Waals surface area contributed by atoms with Crippen molar-refractivity contribution in [3.8, 4) is 11.1 Å². The molecule has 0 radical (unpaired) electrons. The molecule has 24 heavy (non-hydrogen) atoms. The number of nitrogens with zero attached hydrogens (tertiary/aromatic N) is 2. The second kappa shape index (κ2) is 7.16. The first-order chi connectivity index (χ1) is 11.5. The Morgan fingerprint density at radius 2 is 1.96 bits per heavy atom. The summed E-state index contributed by atoms with van der Waals surface area (Å²) in [6.45, 7) is 0. The van der Waals surface area contributed by atoms with E-state index in [9.17, 15) is 9.59 Å². The van der Waals surface area contributed by atoms with Crippen LogP contribution in [-0.2, 0) is 0 Å². The van der Waals surface area contributed by atoms with Gasteiger partial charge in [0.2, 0.25) is 5.13 Å². The summed E-state index contributed by atoms with van der Waals surface area (Å²) in [6, 6.07) is 9.74. The van der Waals surface area contributed by atoms with Crippen molar-refractivity contribution in [1.29, 1.82) is 0 Å². The van der Waals surface area contributed by atoms with E-state index >= 15 is 0 Å². The van der Waals surface area contributed by atoms with Crippen LogP contribution in [0.1, 0.15) is 10.6 Å². The normalized spacial score (nSPS) is 10.6. The summed E-state index contributed by atoms with van der Waals surface area (Å²) in [7, 11) is 0. The number of thioether (sulfide) groups is 1. The molecule has 1 amide bonds. The van der Waals surface area contributed by atoms with Crippen LogP contribution in [0.25, 0.3) is 11.1 Å². The van der Waals surface area contributed by atoms with Crippen LogP contribution in [0.4, 0.5) is 5.13 Å². The van der Waals surface area contributed by atoms with Crippen LogP contribution in [0.15, 0.2) is 49.9 Å².